The van der Waals surface area contributed by atoms with Crippen molar-refractivity contribution in [1.29, 1.82) is 5.26 Å². The molecule has 1 aromatic heterocycles. The molecular weight excluding hydrogens is 228 g/mol. The SMILES string of the molecule is Cc1nn(C)c(N(C)CC2CCOCC2)c1C#N. The van der Waals surface area contributed by atoms with Crippen LogP contribution in [-0.2, 0) is 11.8 Å². The first-order chi connectivity index (χ1) is 8.63. The van der Waals surface area contributed by atoms with E-state index in [0.29, 0.717) is 11.5 Å². The first-order valence-corrected chi connectivity index (χ1v) is 6.36. The quantitative estimate of drug-likeness (QED) is 0.812. The van der Waals surface area contributed by atoms with Crippen molar-refractivity contribution in [3.63, 3.8) is 0 Å². The number of rotatable bonds is 3. The molecule has 0 N–H and O–H groups in total. The van der Waals surface area contributed by atoms with Crippen molar-refractivity contribution in [3.05, 3.63) is 11.3 Å². The maximum Gasteiger partial charge on any atom is 0.144 e. The molecule has 1 aliphatic rings. The Morgan fingerprint density at radius 2 is 2.17 bits per heavy atom. The van der Waals surface area contributed by atoms with Gasteiger partial charge in [0.25, 0.3) is 0 Å². The molecule has 1 fully saturated rings. The zero-order valence-corrected chi connectivity index (χ0v) is 11.3. The summed E-state index contributed by atoms with van der Waals surface area (Å²) in [5, 5.41) is 13.5. The molecule has 0 amide bonds. The third-order valence-electron chi connectivity index (χ3n) is 3.54. The van der Waals surface area contributed by atoms with Crippen molar-refractivity contribution in [2.24, 2.45) is 13.0 Å². The molecule has 2 rings (SSSR count). The standard InChI is InChI=1S/C13H20N4O/c1-10-12(8-14)13(17(3)15-10)16(2)9-11-4-6-18-7-5-11/h11H,4-7,9H2,1-3H3. The van der Waals surface area contributed by atoms with E-state index in [0.717, 1.165) is 44.1 Å². The van der Waals surface area contributed by atoms with Crippen LogP contribution in [-0.4, -0.2) is 36.6 Å². The normalized spacial score (nSPS) is 16.6. The van der Waals surface area contributed by atoms with Crippen LogP contribution in [0.2, 0.25) is 0 Å². The Hall–Kier alpha value is -1.54. The summed E-state index contributed by atoms with van der Waals surface area (Å²) in [6, 6.07) is 2.25. The van der Waals surface area contributed by atoms with Gasteiger partial charge in [0.15, 0.2) is 0 Å². The fourth-order valence-electron chi connectivity index (χ4n) is 2.62. The van der Waals surface area contributed by atoms with E-state index in [1.54, 1.807) is 4.68 Å². The van der Waals surface area contributed by atoms with Crippen LogP contribution < -0.4 is 4.90 Å². The summed E-state index contributed by atoms with van der Waals surface area (Å²) in [5.41, 5.74) is 1.49. The lowest BCUT2D eigenvalue weighted by Gasteiger charge is -2.28. The molecule has 0 unspecified atom stereocenters. The third-order valence-corrected chi connectivity index (χ3v) is 3.54. The molecule has 0 saturated carbocycles. The van der Waals surface area contributed by atoms with E-state index < -0.39 is 0 Å². The predicted molar refractivity (Wildman–Crippen MR) is 69.5 cm³/mol. The topological polar surface area (TPSA) is 54.1 Å². The molecule has 1 saturated heterocycles. The van der Waals surface area contributed by atoms with Gasteiger partial charge in [0.05, 0.1) is 5.69 Å². The van der Waals surface area contributed by atoms with Crippen molar-refractivity contribution in [2.75, 3.05) is 31.7 Å². The van der Waals surface area contributed by atoms with Gasteiger partial charge in [0, 0.05) is 33.9 Å². The molecule has 0 spiro atoms. The highest BCUT2D eigenvalue weighted by molar-refractivity contribution is 5.56. The highest BCUT2D eigenvalue weighted by Gasteiger charge is 2.21. The molecule has 2 heterocycles. The Bertz CT molecular complexity index is 454. The van der Waals surface area contributed by atoms with Crippen LogP contribution in [0.25, 0.3) is 0 Å². The monoisotopic (exact) mass is 248 g/mol. The van der Waals surface area contributed by atoms with Crippen molar-refractivity contribution in [2.45, 2.75) is 19.8 Å². The maximum absolute atomic E-state index is 9.22. The first kappa shape index (κ1) is 12.9. The summed E-state index contributed by atoms with van der Waals surface area (Å²) in [7, 11) is 3.93. The van der Waals surface area contributed by atoms with Crippen LogP contribution in [0.5, 0.6) is 0 Å². The zero-order chi connectivity index (χ0) is 13.1. The molecule has 0 bridgehead atoms. The van der Waals surface area contributed by atoms with Gasteiger partial charge in [0.1, 0.15) is 17.5 Å². The third kappa shape index (κ3) is 2.49. The summed E-state index contributed by atoms with van der Waals surface area (Å²) >= 11 is 0. The summed E-state index contributed by atoms with van der Waals surface area (Å²) in [6.45, 7) is 4.55. The van der Waals surface area contributed by atoms with Gasteiger partial charge < -0.3 is 9.64 Å². The number of aryl methyl sites for hydroxylation is 2. The van der Waals surface area contributed by atoms with E-state index in [1.165, 1.54) is 0 Å². The van der Waals surface area contributed by atoms with Gasteiger partial charge in [-0.2, -0.15) is 10.4 Å². The zero-order valence-electron chi connectivity index (χ0n) is 11.3. The second-order valence-electron chi connectivity index (χ2n) is 4.96. The van der Waals surface area contributed by atoms with Gasteiger partial charge in [-0.15, -0.1) is 0 Å². The van der Waals surface area contributed by atoms with Crippen LogP contribution in [0.1, 0.15) is 24.1 Å². The number of hydrogen-bond acceptors (Lipinski definition) is 4. The summed E-state index contributed by atoms with van der Waals surface area (Å²) < 4.78 is 7.17. The molecule has 98 valence electrons. The molecular formula is C13H20N4O. The van der Waals surface area contributed by atoms with Crippen LogP contribution in [0.3, 0.4) is 0 Å². The fraction of sp³-hybridized carbons (Fsp3) is 0.692. The second kappa shape index (κ2) is 5.40. The smallest absolute Gasteiger partial charge is 0.144 e. The minimum atomic E-state index is 0.644. The number of nitriles is 1. The number of aromatic nitrogens is 2. The van der Waals surface area contributed by atoms with Crippen LogP contribution in [0.4, 0.5) is 5.82 Å². The number of nitrogens with zero attached hydrogens (tertiary/aromatic N) is 4. The summed E-state index contributed by atoms with van der Waals surface area (Å²) in [5.74, 6) is 1.56. The lowest BCUT2D eigenvalue weighted by molar-refractivity contribution is 0.0684. The first-order valence-electron chi connectivity index (χ1n) is 6.36. The average Bonchev–Trinajstić information content (AvgIpc) is 2.64. The Morgan fingerprint density at radius 1 is 1.50 bits per heavy atom. The van der Waals surface area contributed by atoms with Gasteiger partial charge in [0.2, 0.25) is 0 Å². The number of ether oxygens (including phenoxy) is 1. The second-order valence-corrected chi connectivity index (χ2v) is 4.96. The Kier molecular flexibility index (Phi) is 3.87. The van der Waals surface area contributed by atoms with E-state index in [-0.39, 0.29) is 0 Å². The fourth-order valence-corrected chi connectivity index (χ4v) is 2.62. The minimum Gasteiger partial charge on any atom is -0.381 e. The van der Waals surface area contributed by atoms with E-state index in [2.05, 4.69) is 16.1 Å². The lowest BCUT2D eigenvalue weighted by atomic mass is 10.00. The van der Waals surface area contributed by atoms with Gasteiger partial charge in [-0.3, -0.25) is 4.68 Å². The minimum absolute atomic E-state index is 0.644. The van der Waals surface area contributed by atoms with Gasteiger partial charge in [-0.05, 0) is 25.7 Å². The Labute approximate surface area is 108 Å². The number of hydrogen-bond donors (Lipinski definition) is 0. The van der Waals surface area contributed by atoms with Crippen molar-refractivity contribution in [3.8, 4) is 6.07 Å². The summed E-state index contributed by atoms with van der Waals surface area (Å²) in [6.07, 6.45) is 2.20. The predicted octanol–water partition coefficient (Wildman–Crippen LogP) is 1.46. The maximum atomic E-state index is 9.22. The van der Waals surface area contributed by atoms with Crippen LogP contribution >= 0.6 is 0 Å². The van der Waals surface area contributed by atoms with E-state index in [9.17, 15) is 5.26 Å². The van der Waals surface area contributed by atoms with Gasteiger partial charge in [-0.1, -0.05) is 0 Å². The van der Waals surface area contributed by atoms with E-state index in [4.69, 9.17) is 4.74 Å². The van der Waals surface area contributed by atoms with Crippen LogP contribution in [0, 0.1) is 24.2 Å². The van der Waals surface area contributed by atoms with Crippen LogP contribution in [0.15, 0.2) is 0 Å². The highest BCUT2D eigenvalue weighted by atomic mass is 16.5. The number of anilines is 1. The van der Waals surface area contributed by atoms with E-state index >= 15 is 0 Å². The molecule has 5 nitrogen and oxygen atoms in total. The van der Waals surface area contributed by atoms with E-state index in [1.807, 2.05) is 21.0 Å². The molecule has 1 aliphatic heterocycles. The van der Waals surface area contributed by atoms with Gasteiger partial charge in [-0.25, -0.2) is 0 Å². The Balaban J connectivity index is 2.13. The average molecular weight is 248 g/mol. The van der Waals surface area contributed by atoms with Gasteiger partial charge >= 0.3 is 0 Å². The molecule has 0 atom stereocenters. The van der Waals surface area contributed by atoms with Crippen molar-refractivity contribution in [1.82, 2.24) is 9.78 Å². The largest absolute Gasteiger partial charge is 0.381 e. The highest BCUT2D eigenvalue weighted by Crippen LogP contribution is 2.24. The molecule has 1 aromatic rings. The molecule has 5 heteroatoms. The van der Waals surface area contributed by atoms with Crippen molar-refractivity contribution < 1.29 is 4.74 Å². The lowest BCUT2D eigenvalue weighted by Crippen LogP contribution is -2.31. The summed E-state index contributed by atoms with van der Waals surface area (Å²) in [4.78, 5) is 2.15. The Morgan fingerprint density at radius 3 is 2.78 bits per heavy atom. The molecule has 18 heavy (non-hydrogen) atoms. The molecule has 0 aromatic carbocycles. The molecule has 0 aliphatic carbocycles. The van der Waals surface area contributed by atoms with Crippen molar-refractivity contribution >= 4 is 5.82 Å². The molecule has 0 radical (unpaired) electrons.